The summed E-state index contributed by atoms with van der Waals surface area (Å²) in [5.41, 5.74) is 0. The molecule has 0 atom stereocenters. The lowest BCUT2D eigenvalue weighted by Crippen LogP contribution is -2.31. The number of hydrogen-bond donors (Lipinski definition) is 3. The number of carbonyl (C=O) groups excluding carboxylic acids is 1. The molecule has 6 heteroatoms. The summed E-state index contributed by atoms with van der Waals surface area (Å²) >= 11 is 0. The summed E-state index contributed by atoms with van der Waals surface area (Å²) in [5.74, 6) is 1.32. The van der Waals surface area contributed by atoms with Gasteiger partial charge in [-0.15, -0.1) is 0 Å². The molecule has 1 heterocycles. The fourth-order valence-corrected chi connectivity index (χ4v) is 1.39. The van der Waals surface area contributed by atoms with E-state index in [2.05, 4.69) is 25.9 Å². The van der Waals surface area contributed by atoms with Gasteiger partial charge in [0.1, 0.15) is 11.6 Å². The van der Waals surface area contributed by atoms with E-state index in [1.807, 2.05) is 6.92 Å². The van der Waals surface area contributed by atoms with Crippen molar-refractivity contribution in [2.45, 2.75) is 25.8 Å². The van der Waals surface area contributed by atoms with E-state index in [-0.39, 0.29) is 12.5 Å². The molecule has 1 aromatic rings. The van der Waals surface area contributed by atoms with Gasteiger partial charge >= 0.3 is 0 Å². The van der Waals surface area contributed by atoms with Crippen LogP contribution in [0, 0.1) is 0 Å². The molecule has 1 aliphatic rings. The molecule has 0 bridgehead atoms. The van der Waals surface area contributed by atoms with E-state index in [9.17, 15) is 4.79 Å². The highest BCUT2D eigenvalue weighted by Crippen LogP contribution is 2.18. The molecular formula is C11H17N5O. The summed E-state index contributed by atoms with van der Waals surface area (Å²) < 4.78 is 0. The lowest BCUT2D eigenvalue weighted by Gasteiger charge is -2.07. The van der Waals surface area contributed by atoms with Crippen molar-refractivity contribution in [2.75, 3.05) is 23.7 Å². The van der Waals surface area contributed by atoms with Crippen LogP contribution < -0.4 is 16.0 Å². The predicted octanol–water partition coefficient (Wildman–Crippen LogP) is 0.599. The summed E-state index contributed by atoms with van der Waals surface area (Å²) in [6, 6.07) is 0.392. The maximum atomic E-state index is 11.4. The molecule has 17 heavy (non-hydrogen) atoms. The summed E-state index contributed by atoms with van der Waals surface area (Å²) in [5, 5.41) is 8.91. The number of anilines is 2. The first-order valence-corrected chi connectivity index (χ1v) is 5.87. The molecule has 0 unspecified atom stereocenters. The van der Waals surface area contributed by atoms with E-state index in [0.29, 0.717) is 17.7 Å². The molecule has 0 aliphatic heterocycles. The van der Waals surface area contributed by atoms with Gasteiger partial charge < -0.3 is 16.0 Å². The van der Waals surface area contributed by atoms with Crippen molar-refractivity contribution in [3.05, 3.63) is 12.4 Å². The topological polar surface area (TPSA) is 78.9 Å². The fourth-order valence-electron chi connectivity index (χ4n) is 1.39. The second kappa shape index (κ2) is 5.47. The Morgan fingerprint density at radius 3 is 2.71 bits per heavy atom. The van der Waals surface area contributed by atoms with Gasteiger partial charge in [0.05, 0.1) is 18.9 Å². The van der Waals surface area contributed by atoms with Gasteiger partial charge in [0.15, 0.2) is 0 Å². The van der Waals surface area contributed by atoms with E-state index < -0.39 is 0 Å². The summed E-state index contributed by atoms with van der Waals surface area (Å²) in [4.78, 5) is 19.7. The molecule has 1 aromatic heterocycles. The number of rotatable bonds is 6. The van der Waals surface area contributed by atoms with E-state index in [1.54, 1.807) is 12.4 Å². The van der Waals surface area contributed by atoms with E-state index >= 15 is 0 Å². The smallest absolute Gasteiger partial charge is 0.239 e. The summed E-state index contributed by atoms with van der Waals surface area (Å²) in [6.45, 7) is 3.02. The Labute approximate surface area is 100 Å². The van der Waals surface area contributed by atoms with Crippen molar-refractivity contribution in [2.24, 2.45) is 0 Å². The van der Waals surface area contributed by atoms with E-state index in [1.165, 1.54) is 0 Å². The molecule has 2 rings (SSSR count). The standard InChI is InChI=1S/C11H17N5O/c1-2-13-9-5-12-6-10(16-9)14-7-11(17)15-8-3-4-8/h5-6,8H,2-4,7H2,1H3,(H,15,17)(H2,13,14,16). The molecule has 0 spiro atoms. The van der Waals surface area contributed by atoms with Gasteiger partial charge in [0.2, 0.25) is 5.91 Å². The normalized spacial score (nSPS) is 14.2. The van der Waals surface area contributed by atoms with Gasteiger partial charge in [-0.25, -0.2) is 4.98 Å². The monoisotopic (exact) mass is 235 g/mol. The fraction of sp³-hybridized carbons (Fsp3) is 0.545. The quantitative estimate of drug-likeness (QED) is 0.673. The molecule has 1 amide bonds. The van der Waals surface area contributed by atoms with Crippen LogP contribution in [-0.2, 0) is 4.79 Å². The Hall–Kier alpha value is -1.85. The third-order valence-corrected chi connectivity index (χ3v) is 2.36. The highest BCUT2D eigenvalue weighted by atomic mass is 16.2. The number of amides is 1. The first-order chi connectivity index (χ1) is 8.28. The minimum atomic E-state index is 0.00292. The minimum Gasteiger partial charge on any atom is -0.369 e. The highest BCUT2D eigenvalue weighted by molar-refractivity contribution is 5.80. The molecule has 6 nitrogen and oxygen atoms in total. The Morgan fingerprint density at radius 1 is 1.35 bits per heavy atom. The molecule has 0 aromatic carbocycles. The van der Waals surface area contributed by atoms with Gasteiger partial charge in [-0.1, -0.05) is 0 Å². The predicted molar refractivity (Wildman–Crippen MR) is 65.9 cm³/mol. The molecule has 1 aliphatic carbocycles. The van der Waals surface area contributed by atoms with Gasteiger partial charge in [-0.3, -0.25) is 9.78 Å². The summed E-state index contributed by atoms with van der Waals surface area (Å²) in [7, 11) is 0. The van der Waals surface area contributed by atoms with Gasteiger partial charge in [-0.2, -0.15) is 0 Å². The number of hydrogen-bond acceptors (Lipinski definition) is 5. The van der Waals surface area contributed by atoms with Crippen molar-refractivity contribution >= 4 is 17.5 Å². The number of carbonyl (C=O) groups is 1. The van der Waals surface area contributed by atoms with Crippen LogP contribution in [-0.4, -0.2) is 35.0 Å². The molecule has 0 radical (unpaired) electrons. The van der Waals surface area contributed by atoms with Crippen molar-refractivity contribution in [1.82, 2.24) is 15.3 Å². The Kier molecular flexibility index (Phi) is 3.74. The Bertz CT molecular complexity index is 391. The lowest BCUT2D eigenvalue weighted by molar-refractivity contribution is -0.119. The van der Waals surface area contributed by atoms with Crippen LogP contribution in [0.5, 0.6) is 0 Å². The Balaban J connectivity index is 1.80. The summed E-state index contributed by atoms with van der Waals surface area (Å²) in [6.07, 6.45) is 5.45. The van der Waals surface area contributed by atoms with Crippen LogP contribution in [0.25, 0.3) is 0 Å². The maximum Gasteiger partial charge on any atom is 0.239 e. The van der Waals surface area contributed by atoms with Gasteiger partial charge in [0, 0.05) is 12.6 Å². The largest absolute Gasteiger partial charge is 0.369 e. The zero-order chi connectivity index (χ0) is 12.1. The van der Waals surface area contributed by atoms with E-state index in [4.69, 9.17) is 0 Å². The second-order valence-electron chi connectivity index (χ2n) is 4.02. The third kappa shape index (κ3) is 3.90. The third-order valence-electron chi connectivity index (χ3n) is 2.36. The highest BCUT2D eigenvalue weighted by Gasteiger charge is 2.22. The zero-order valence-electron chi connectivity index (χ0n) is 9.86. The van der Waals surface area contributed by atoms with Crippen LogP contribution in [0.2, 0.25) is 0 Å². The van der Waals surface area contributed by atoms with Crippen LogP contribution in [0.4, 0.5) is 11.6 Å². The second-order valence-corrected chi connectivity index (χ2v) is 4.02. The van der Waals surface area contributed by atoms with Crippen LogP contribution in [0.15, 0.2) is 12.4 Å². The molecular weight excluding hydrogens is 218 g/mol. The lowest BCUT2D eigenvalue weighted by atomic mass is 10.5. The van der Waals surface area contributed by atoms with Crippen molar-refractivity contribution in [1.29, 1.82) is 0 Å². The average Bonchev–Trinajstić information content (AvgIpc) is 3.11. The minimum absolute atomic E-state index is 0.00292. The number of nitrogens with zero attached hydrogens (tertiary/aromatic N) is 2. The van der Waals surface area contributed by atoms with Crippen LogP contribution in [0.1, 0.15) is 19.8 Å². The molecule has 92 valence electrons. The maximum absolute atomic E-state index is 11.4. The van der Waals surface area contributed by atoms with E-state index in [0.717, 1.165) is 19.4 Å². The van der Waals surface area contributed by atoms with Gasteiger partial charge in [0.25, 0.3) is 0 Å². The number of aromatic nitrogens is 2. The molecule has 1 fully saturated rings. The number of nitrogens with one attached hydrogen (secondary N) is 3. The van der Waals surface area contributed by atoms with Gasteiger partial charge in [-0.05, 0) is 19.8 Å². The molecule has 1 saturated carbocycles. The first kappa shape index (κ1) is 11.6. The first-order valence-electron chi connectivity index (χ1n) is 5.87. The van der Waals surface area contributed by atoms with Crippen molar-refractivity contribution < 1.29 is 4.79 Å². The van der Waals surface area contributed by atoms with Crippen molar-refractivity contribution in [3.63, 3.8) is 0 Å². The SMILES string of the molecule is CCNc1cncc(NCC(=O)NC2CC2)n1. The zero-order valence-corrected chi connectivity index (χ0v) is 9.86. The van der Waals surface area contributed by atoms with Crippen LogP contribution >= 0.6 is 0 Å². The van der Waals surface area contributed by atoms with Crippen molar-refractivity contribution in [3.8, 4) is 0 Å². The molecule has 0 saturated heterocycles. The average molecular weight is 235 g/mol. The molecule has 3 N–H and O–H groups in total. The Morgan fingerprint density at radius 2 is 2.06 bits per heavy atom. The van der Waals surface area contributed by atoms with Crippen LogP contribution in [0.3, 0.4) is 0 Å².